The van der Waals surface area contributed by atoms with E-state index in [1.807, 2.05) is 6.08 Å². The molecule has 0 aromatic heterocycles. The van der Waals surface area contributed by atoms with Gasteiger partial charge in [0.2, 0.25) is 0 Å². The third-order valence-corrected chi connectivity index (χ3v) is 6.64. The van der Waals surface area contributed by atoms with Crippen LogP contribution in [0.4, 0.5) is 0 Å². The van der Waals surface area contributed by atoms with Gasteiger partial charge in [-0.1, -0.05) is 110 Å². The number of alkyl halides is 1. The van der Waals surface area contributed by atoms with Gasteiger partial charge in [0.05, 0.1) is 0 Å². The molecule has 1 atom stereocenters. The maximum Gasteiger partial charge on any atom is 0.0179 e. The summed E-state index contributed by atoms with van der Waals surface area (Å²) in [5.41, 5.74) is 9.82. The number of fused-ring (bicyclic) bond motifs is 3. The molecule has 0 saturated carbocycles. The van der Waals surface area contributed by atoms with E-state index in [1.54, 1.807) is 0 Å². The Kier molecular flexibility index (Phi) is 4.98. The van der Waals surface area contributed by atoms with Gasteiger partial charge in [-0.2, -0.15) is 0 Å². The van der Waals surface area contributed by atoms with E-state index >= 15 is 0 Å². The minimum atomic E-state index is 0.174. The lowest BCUT2D eigenvalue weighted by molar-refractivity contribution is 0.418. The van der Waals surface area contributed by atoms with Crippen LogP contribution in [0.5, 0.6) is 0 Å². The Balaban J connectivity index is 1.75. The highest BCUT2D eigenvalue weighted by Crippen LogP contribution is 2.54. The van der Waals surface area contributed by atoms with E-state index in [9.17, 15) is 0 Å². The second kappa shape index (κ2) is 7.27. The van der Waals surface area contributed by atoms with Crippen molar-refractivity contribution in [1.82, 2.24) is 0 Å². The van der Waals surface area contributed by atoms with Gasteiger partial charge in [0.1, 0.15) is 0 Å². The molecule has 1 unspecified atom stereocenters. The molecule has 136 valence electrons. The summed E-state index contributed by atoms with van der Waals surface area (Å²) < 4.78 is 1.02. The minimum absolute atomic E-state index is 0.174. The minimum Gasteiger partial charge on any atom is -0.0984 e. The smallest absolute Gasteiger partial charge is 0.0179 e. The number of rotatable bonds is 4. The molecule has 0 N–H and O–H groups in total. The first-order valence-electron chi connectivity index (χ1n) is 9.56. The maximum atomic E-state index is 3.97. The highest BCUT2D eigenvalue weighted by atomic mass is 127. The van der Waals surface area contributed by atoms with Crippen LogP contribution in [0.25, 0.3) is 23.3 Å². The van der Waals surface area contributed by atoms with Crippen molar-refractivity contribution >= 4 is 45.9 Å². The van der Waals surface area contributed by atoms with Crippen molar-refractivity contribution < 1.29 is 0 Å². The van der Waals surface area contributed by atoms with Crippen LogP contribution in [0.15, 0.2) is 67.3 Å². The third kappa shape index (κ3) is 3.16. The Labute approximate surface area is 176 Å². The molecule has 2 aromatic rings. The van der Waals surface area contributed by atoms with E-state index in [0.29, 0.717) is 5.92 Å². The summed E-state index contributed by atoms with van der Waals surface area (Å²) in [6.07, 6.45) is 12.2. The first kappa shape index (κ1) is 18.5. The fourth-order valence-electron chi connectivity index (χ4n) is 4.60. The van der Waals surface area contributed by atoms with Crippen molar-refractivity contribution in [2.24, 2.45) is 5.92 Å². The molecular formula is C26H25I. The Morgan fingerprint density at radius 2 is 1.93 bits per heavy atom. The highest BCUT2D eigenvalue weighted by molar-refractivity contribution is 14.1. The zero-order valence-electron chi connectivity index (χ0n) is 16.0. The fraction of sp³-hybridized carbons (Fsp3) is 0.231. The predicted octanol–water partition coefficient (Wildman–Crippen LogP) is 7.56. The van der Waals surface area contributed by atoms with Crippen molar-refractivity contribution in [2.75, 3.05) is 4.43 Å². The average molecular weight is 464 g/mol. The lowest BCUT2D eigenvalue weighted by Crippen LogP contribution is -2.24. The van der Waals surface area contributed by atoms with Gasteiger partial charge in [0.25, 0.3) is 0 Å². The summed E-state index contributed by atoms with van der Waals surface area (Å²) in [5.74, 6) is 0.544. The number of halogens is 1. The lowest BCUT2D eigenvalue weighted by atomic mass is 9.72. The van der Waals surface area contributed by atoms with E-state index in [-0.39, 0.29) is 5.41 Å². The summed E-state index contributed by atoms with van der Waals surface area (Å²) in [6, 6.07) is 15.7. The summed E-state index contributed by atoms with van der Waals surface area (Å²) in [5, 5.41) is 0. The highest BCUT2D eigenvalue weighted by Gasteiger charge is 2.43. The Hall–Kier alpha value is -1.87. The Morgan fingerprint density at radius 1 is 1.11 bits per heavy atom. The molecule has 2 aliphatic carbocycles. The molecule has 0 spiro atoms. The van der Waals surface area contributed by atoms with Crippen molar-refractivity contribution in [1.29, 1.82) is 0 Å². The molecule has 2 aliphatic rings. The topological polar surface area (TPSA) is 0 Å². The van der Waals surface area contributed by atoms with Crippen LogP contribution in [-0.4, -0.2) is 4.43 Å². The Morgan fingerprint density at radius 3 is 2.70 bits per heavy atom. The van der Waals surface area contributed by atoms with Crippen molar-refractivity contribution in [3.8, 4) is 0 Å². The predicted molar refractivity (Wildman–Crippen MR) is 128 cm³/mol. The van der Waals surface area contributed by atoms with Crippen molar-refractivity contribution in [3.05, 3.63) is 95.1 Å². The monoisotopic (exact) mass is 464 g/mol. The SMILES string of the molecule is C=Cc1ccc(C2=CC=C3c4ccccc4C(C)(C)C3C2)cc1/C=C\CI. The largest absolute Gasteiger partial charge is 0.0984 e. The van der Waals surface area contributed by atoms with Crippen LogP contribution in [0.2, 0.25) is 0 Å². The summed E-state index contributed by atoms with van der Waals surface area (Å²) in [7, 11) is 0. The van der Waals surface area contributed by atoms with Gasteiger partial charge in [-0.05, 0) is 62.8 Å². The van der Waals surface area contributed by atoms with Gasteiger partial charge >= 0.3 is 0 Å². The zero-order chi connectivity index (χ0) is 19.0. The molecule has 0 radical (unpaired) electrons. The molecule has 0 nitrogen and oxygen atoms in total. The normalized spacial score (nSPS) is 20.0. The summed E-state index contributed by atoms with van der Waals surface area (Å²) in [6.45, 7) is 8.76. The van der Waals surface area contributed by atoms with E-state index < -0.39 is 0 Å². The van der Waals surface area contributed by atoms with Crippen LogP contribution in [0.1, 0.15) is 48.1 Å². The molecule has 2 aromatic carbocycles. The van der Waals surface area contributed by atoms with Crippen LogP contribution in [0, 0.1) is 5.92 Å². The van der Waals surface area contributed by atoms with Crippen LogP contribution >= 0.6 is 22.6 Å². The van der Waals surface area contributed by atoms with E-state index in [0.717, 1.165) is 10.8 Å². The summed E-state index contributed by atoms with van der Waals surface area (Å²) >= 11 is 2.38. The van der Waals surface area contributed by atoms with Gasteiger partial charge in [-0.3, -0.25) is 0 Å². The third-order valence-electron chi connectivity index (χ3n) is 6.13. The lowest BCUT2D eigenvalue weighted by Gasteiger charge is -2.31. The molecular weight excluding hydrogens is 439 g/mol. The molecule has 27 heavy (non-hydrogen) atoms. The standard InChI is InChI=1S/C26H25I/c1-4-18-11-12-20(16-19(18)8-7-15-27)21-13-14-23-22-9-5-6-10-24(22)26(2,3)25(23)17-21/h4-14,16,25H,1,15,17H2,2-3H3/b8-7-. The molecule has 0 saturated heterocycles. The molecule has 0 fully saturated rings. The molecule has 0 amide bonds. The number of hydrogen-bond acceptors (Lipinski definition) is 0. The van der Waals surface area contributed by atoms with Crippen LogP contribution in [0.3, 0.4) is 0 Å². The molecule has 0 aliphatic heterocycles. The van der Waals surface area contributed by atoms with E-state index in [4.69, 9.17) is 0 Å². The zero-order valence-corrected chi connectivity index (χ0v) is 18.2. The Bertz CT molecular complexity index is 985. The van der Waals surface area contributed by atoms with E-state index in [2.05, 4.69) is 110 Å². The van der Waals surface area contributed by atoms with Gasteiger partial charge in [0, 0.05) is 4.43 Å². The average Bonchev–Trinajstić information content (AvgIpc) is 2.93. The molecule has 1 heteroatoms. The van der Waals surface area contributed by atoms with Gasteiger partial charge in [-0.15, -0.1) is 0 Å². The number of benzene rings is 2. The first-order valence-corrected chi connectivity index (χ1v) is 11.1. The van der Waals surface area contributed by atoms with Gasteiger partial charge in [0.15, 0.2) is 0 Å². The summed E-state index contributed by atoms with van der Waals surface area (Å²) in [4.78, 5) is 0. The molecule has 4 rings (SSSR count). The molecule has 0 bridgehead atoms. The van der Waals surface area contributed by atoms with Crippen molar-refractivity contribution in [2.45, 2.75) is 25.7 Å². The quantitative estimate of drug-likeness (QED) is 0.324. The van der Waals surface area contributed by atoms with E-state index in [1.165, 1.54) is 39.0 Å². The van der Waals surface area contributed by atoms with Gasteiger partial charge < -0.3 is 0 Å². The number of allylic oxidation sites excluding steroid dienone is 5. The van der Waals surface area contributed by atoms with Crippen LogP contribution in [-0.2, 0) is 5.41 Å². The second-order valence-corrected chi connectivity index (χ2v) is 8.82. The molecule has 0 heterocycles. The van der Waals surface area contributed by atoms with Crippen LogP contribution < -0.4 is 0 Å². The first-order chi connectivity index (χ1) is 13.1. The maximum absolute atomic E-state index is 3.97. The second-order valence-electron chi connectivity index (χ2n) is 7.94. The fourth-order valence-corrected chi connectivity index (χ4v) is 4.85. The number of hydrogen-bond donors (Lipinski definition) is 0. The van der Waals surface area contributed by atoms with Gasteiger partial charge in [-0.25, -0.2) is 0 Å². The van der Waals surface area contributed by atoms with Crippen molar-refractivity contribution in [3.63, 3.8) is 0 Å².